The highest BCUT2D eigenvalue weighted by atomic mass is 127. The molecular formula is C15H30I2N2O5S2. The van der Waals surface area contributed by atoms with Crippen LogP contribution < -0.4 is 0 Å². The molecular weight excluding hydrogens is 606 g/mol. The molecule has 0 amide bonds. The summed E-state index contributed by atoms with van der Waals surface area (Å²) in [6, 6.07) is 0. The van der Waals surface area contributed by atoms with Gasteiger partial charge in [-0.1, -0.05) is 0 Å². The average molecular weight is 636 g/mol. The van der Waals surface area contributed by atoms with E-state index in [4.69, 9.17) is 23.7 Å². The smallest absolute Gasteiger partial charge is 0.104 e. The third-order valence-corrected chi connectivity index (χ3v) is 7.99. The van der Waals surface area contributed by atoms with Crippen molar-refractivity contribution in [3.63, 3.8) is 0 Å². The fourth-order valence-electron chi connectivity index (χ4n) is 2.11. The highest BCUT2D eigenvalue weighted by molar-refractivity contribution is 14.2. The molecule has 1 atom stereocenters. The molecule has 0 aromatic rings. The Kier molecular flexibility index (Phi) is 18.8. The molecule has 1 heterocycles. The van der Waals surface area contributed by atoms with Gasteiger partial charge in [0.25, 0.3) is 0 Å². The standard InChI is InChI=1S/C15H30I2N2O5S2/c1-2-20-13-15-14-23-9-5-18(25-16)3-7-21-11-12-22-8-4-19(26-17)6-10-24-15/h15H,2-14H2,1H3. The van der Waals surface area contributed by atoms with Crippen molar-refractivity contribution < 1.29 is 23.7 Å². The van der Waals surface area contributed by atoms with Gasteiger partial charge in [0.15, 0.2) is 0 Å². The molecule has 0 bridgehead atoms. The molecule has 0 aromatic heterocycles. The zero-order valence-corrected chi connectivity index (χ0v) is 21.2. The molecule has 26 heavy (non-hydrogen) atoms. The molecule has 1 fully saturated rings. The van der Waals surface area contributed by atoms with Gasteiger partial charge in [0.1, 0.15) is 6.10 Å². The second-order valence-corrected chi connectivity index (χ2v) is 9.12. The minimum absolute atomic E-state index is 0.0322. The van der Waals surface area contributed by atoms with Gasteiger partial charge in [0.05, 0.1) is 52.9 Å². The highest BCUT2D eigenvalue weighted by Gasteiger charge is 2.13. The van der Waals surface area contributed by atoms with Gasteiger partial charge < -0.3 is 23.7 Å². The lowest BCUT2D eigenvalue weighted by Crippen LogP contribution is -2.32. The Morgan fingerprint density at radius 3 is 1.92 bits per heavy atom. The van der Waals surface area contributed by atoms with Crippen molar-refractivity contribution in [3.8, 4) is 0 Å². The molecule has 1 aliphatic rings. The van der Waals surface area contributed by atoms with Crippen LogP contribution in [0.5, 0.6) is 0 Å². The van der Waals surface area contributed by atoms with Gasteiger partial charge in [-0.05, 0) is 25.2 Å². The van der Waals surface area contributed by atoms with Crippen LogP contribution in [0.1, 0.15) is 6.92 Å². The minimum atomic E-state index is -0.0322. The summed E-state index contributed by atoms with van der Waals surface area (Å²) in [5.74, 6) is 0. The van der Waals surface area contributed by atoms with Gasteiger partial charge in [0.2, 0.25) is 0 Å². The molecule has 0 saturated carbocycles. The lowest BCUT2D eigenvalue weighted by Gasteiger charge is -2.23. The average Bonchev–Trinajstić information content (AvgIpc) is 2.66. The van der Waals surface area contributed by atoms with Crippen molar-refractivity contribution in [2.75, 3.05) is 85.6 Å². The van der Waals surface area contributed by atoms with E-state index < -0.39 is 0 Å². The van der Waals surface area contributed by atoms with Gasteiger partial charge in [-0.15, -0.1) is 0 Å². The predicted octanol–water partition coefficient (Wildman–Crippen LogP) is 3.07. The normalized spacial score (nSPS) is 24.8. The Morgan fingerprint density at radius 2 is 1.38 bits per heavy atom. The third kappa shape index (κ3) is 14.0. The van der Waals surface area contributed by atoms with E-state index in [-0.39, 0.29) is 6.10 Å². The number of hydrogen-bond acceptors (Lipinski definition) is 9. The van der Waals surface area contributed by atoms with Crippen LogP contribution in [0.3, 0.4) is 0 Å². The molecule has 11 heteroatoms. The van der Waals surface area contributed by atoms with Crippen LogP contribution in [0.4, 0.5) is 0 Å². The van der Waals surface area contributed by atoms with E-state index >= 15 is 0 Å². The number of rotatable bonds is 5. The molecule has 0 N–H and O–H groups in total. The van der Waals surface area contributed by atoms with Crippen LogP contribution in [0.25, 0.3) is 0 Å². The van der Waals surface area contributed by atoms with E-state index in [0.29, 0.717) is 59.5 Å². The Morgan fingerprint density at radius 1 is 0.846 bits per heavy atom. The first-order chi connectivity index (χ1) is 12.8. The summed E-state index contributed by atoms with van der Waals surface area (Å²) in [5.41, 5.74) is 0. The monoisotopic (exact) mass is 636 g/mol. The topological polar surface area (TPSA) is 52.6 Å². The molecule has 1 rings (SSSR count). The molecule has 1 aliphatic heterocycles. The third-order valence-electron chi connectivity index (χ3n) is 3.53. The lowest BCUT2D eigenvalue weighted by molar-refractivity contribution is -0.0607. The molecule has 156 valence electrons. The van der Waals surface area contributed by atoms with Gasteiger partial charge in [-0.2, -0.15) is 0 Å². The number of nitrogens with zero attached hydrogens (tertiary/aromatic N) is 2. The van der Waals surface area contributed by atoms with Gasteiger partial charge >= 0.3 is 0 Å². The predicted molar refractivity (Wildman–Crippen MR) is 125 cm³/mol. The van der Waals surface area contributed by atoms with Crippen molar-refractivity contribution >= 4 is 60.6 Å². The maximum atomic E-state index is 5.99. The van der Waals surface area contributed by atoms with E-state index in [1.807, 2.05) is 6.92 Å². The summed E-state index contributed by atoms with van der Waals surface area (Å²) in [6.07, 6.45) is -0.0322. The largest absolute Gasteiger partial charge is 0.379 e. The van der Waals surface area contributed by atoms with Crippen LogP contribution in [-0.4, -0.2) is 100 Å². The summed E-state index contributed by atoms with van der Waals surface area (Å²) >= 11 is 4.59. The lowest BCUT2D eigenvalue weighted by atomic mass is 10.4. The second-order valence-electron chi connectivity index (χ2n) is 5.45. The maximum absolute atomic E-state index is 5.99. The summed E-state index contributed by atoms with van der Waals surface area (Å²) in [4.78, 5) is 0. The van der Waals surface area contributed by atoms with Gasteiger partial charge in [0, 0.05) is 75.2 Å². The fourth-order valence-corrected chi connectivity index (χ4v) is 5.05. The van der Waals surface area contributed by atoms with Gasteiger partial charge in [-0.25, -0.2) is 8.61 Å². The van der Waals surface area contributed by atoms with E-state index in [2.05, 4.69) is 51.0 Å². The van der Waals surface area contributed by atoms with Crippen LogP contribution in [0.15, 0.2) is 0 Å². The summed E-state index contributed by atoms with van der Waals surface area (Å²) in [6.45, 7) is 11.2. The van der Waals surface area contributed by atoms with Crippen LogP contribution in [0, 0.1) is 0 Å². The van der Waals surface area contributed by atoms with E-state index in [9.17, 15) is 0 Å². The SMILES string of the molecule is CCOCC1COCCN(SI)CCOCCOCCN(SI)CCO1. The molecule has 0 radical (unpaired) electrons. The first kappa shape index (κ1) is 25.9. The summed E-state index contributed by atoms with van der Waals surface area (Å²) in [5, 5.41) is 0. The Balaban J connectivity index is 2.45. The van der Waals surface area contributed by atoms with Crippen LogP contribution in [-0.2, 0) is 23.7 Å². The van der Waals surface area contributed by atoms with E-state index in [1.54, 1.807) is 18.2 Å². The van der Waals surface area contributed by atoms with Crippen molar-refractivity contribution in [3.05, 3.63) is 0 Å². The number of hydrogen-bond donors (Lipinski definition) is 0. The molecule has 0 aliphatic carbocycles. The van der Waals surface area contributed by atoms with Crippen molar-refractivity contribution in [2.24, 2.45) is 0 Å². The molecule has 0 spiro atoms. The highest BCUT2D eigenvalue weighted by Crippen LogP contribution is 2.18. The van der Waals surface area contributed by atoms with Crippen molar-refractivity contribution in [1.29, 1.82) is 0 Å². The molecule has 1 unspecified atom stereocenters. The van der Waals surface area contributed by atoms with Crippen molar-refractivity contribution in [1.82, 2.24) is 8.61 Å². The first-order valence-corrected chi connectivity index (χ1v) is 15.4. The fraction of sp³-hybridized carbons (Fsp3) is 1.00. The van der Waals surface area contributed by atoms with Crippen LogP contribution >= 0.6 is 60.6 Å². The van der Waals surface area contributed by atoms with E-state index in [1.165, 1.54) is 0 Å². The Bertz CT molecular complexity index is 328. The van der Waals surface area contributed by atoms with Crippen LogP contribution in [0.2, 0.25) is 0 Å². The quantitative estimate of drug-likeness (QED) is 0.335. The number of ether oxygens (including phenoxy) is 5. The maximum Gasteiger partial charge on any atom is 0.104 e. The second kappa shape index (κ2) is 18.9. The van der Waals surface area contributed by atoms with Crippen molar-refractivity contribution in [2.45, 2.75) is 13.0 Å². The zero-order valence-electron chi connectivity index (χ0n) is 15.3. The molecule has 0 aromatic carbocycles. The first-order valence-electron chi connectivity index (χ1n) is 8.80. The Hall–Kier alpha value is 1.88. The zero-order chi connectivity index (χ0) is 18.9. The molecule has 1 saturated heterocycles. The van der Waals surface area contributed by atoms with E-state index in [0.717, 1.165) is 26.2 Å². The summed E-state index contributed by atoms with van der Waals surface area (Å²) < 4.78 is 33.1. The molecule has 7 nitrogen and oxygen atoms in total. The summed E-state index contributed by atoms with van der Waals surface area (Å²) in [7, 11) is 3.37. The van der Waals surface area contributed by atoms with Gasteiger partial charge in [-0.3, -0.25) is 0 Å². The Labute approximate surface area is 190 Å². The minimum Gasteiger partial charge on any atom is -0.379 e. The number of halogens is 2.